The summed E-state index contributed by atoms with van der Waals surface area (Å²) in [5.41, 5.74) is 0.0194. The third kappa shape index (κ3) is 6.48. The molecule has 158 valence electrons. The molecule has 2 amide bonds. The van der Waals surface area contributed by atoms with Crippen LogP contribution in [0.3, 0.4) is 0 Å². The molecule has 4 atom stereocenters. The highest BCUT2D eigenvalue weighted by atomic mass is 16.3. The molecule has 0 radical (unpaired) electrons. The van der Waals surface area contributed by atoms with Gasteiger partial charge in [-0.25, -0.2) is 0 Å². The SMILES string of the molecule is CN(C(=O)c1ccc(C(=O)N(C)C(O)CC(O)CO)nc1)C(O)CC(O)CO. The first-order chi connectivity index (χ1) is 13.1. The summed E-state index contributed by atoms with van der Waals surface area (Å²) >= 11 is 0. The van der Waals surface area contributed by atoms with E-state index in [1.54, 1.807) is 0 Å². The highest BCUT2D eigenvalue weighted by Gasteiger charge is 2.24. The van der Waals surface area contributed by atoms with Gasteiger partial charge in [0.25, 0.3) is 11.8 Å². The third-order valence-corrected chi connectivity index (χ3v) is 4.15. The number of aromatic nitrogens is 1. The molecule has 28 heavy (non-hydrogen) atoms. The van der Waals surface area contributed by atoms with Gasteiger partial charge in [-0.15, -0.1) is 0 Å². The Bertz CT molecular complexity index is 587. The van der Waals surface area contributed by atoms with E-state index >= 15 is 0 Å². The number of hydrogen-bond acceptors (Lipinski definition) is 9. The van der Waals surface area contributed by atoms with Gasteiger partial charge in [-0.1, -0.05) is 0 Å². The van der Waals surface area contributed by atoms with Crippen LogP contribution >= 0.6 is 0 Å². The number of hydrogen-bond donors (Lipinski definition) is 6. The molecule has 0 aliphatic rings. The molecule has 1 heterocycles. The Hall–Kier alpha value is -2.15. The quantitative estimate of drug-likeness (QED) is 0.229. The third-order valence-electron chi connectivity index (χ3n) is 4.15. The number of pyridine rings is 1. The minimum Gasteiger partial charge on any atom is -0.394 e. The summed E-state index contributed by atoms with van der Waals surface area (Å²) in [6, 6.07) is 2.58. The van der Waals surface area contributed by atoms with Crippen LogP contribution in [-0.4, -0.2) is 109 Å². The van der Waals surface area contributed by atoms with Crippen LogP contribution in [0.4, 0.5) is 0 Å². The van der Waals surface area contributed by atoms with Crippen molar-refractivity contribution in [2.24, 2.45) is 0 Å². The molecule has 0 saturated carbocycles. The molecular formula is C17H27N3O8. The van der Waals surface area contributed by atoms with Crippen LogP contribution in [0.25, 0.3) is 0 Å². The first-order valence-electron chi connectivity index (χ1n) is 8.56. The van der Waals surface area contributed by atoms with Crippen LogP contribution in [0, 0.1) is 0 Å². The maximum Gasteiger partial charge on any atom is 0.274 e. The number of carbonyl (C=O) groups is 2. The molecule has 11 nitrogen and oxygen atoms in total. The van der Waals surface area contributed by atoms with E-state index in [4.69, 9.17) is 10.2 Å². The molecule has 1 rings (SSSR count). The monoisotopic (exact) mass is 401 g/mol. The van der Waals surface area contributed by atoms with Gasteiger partial charge in [0, 0.05) is 33.1 Å². The number of rotatable bonds is 10. The molecule has 0 bridgehead atoms. The van der Waals surface area contributed by atoms with Gasteiger partial charge < -0.3 is 40.4 Å². The van der Waals surface area contributed by atoms with E-state index in [1.165, 1.54) is 26.2 Å². The summed E-state index contributed by atoms with van der Waals surface area (Å²) in [5.74, 6) is -1.26. The zero-order chi connectivity index (χ0) is 21.4. The molecule has 11 heteroatoms. The molecule has 0 aliphatic heterocycles. The molecule has 0 aromatic carbocycles. The lowest BCUT2D eigenvalue weighted by atomic mass is 10.2. The van der Waals surface area contributed by atoms with Gasteiger partial charge in [0.15, 0.2) is 0 Å². The van der Waals surface area contributed by atoms with Crippen LogP contribution in [0.1, 0.15) is 33.7 Å². The Kier molecular flexibility index (Phi) is 9.38. The van der Waals surface area contributed by atoms with E-state index in [-0.39, 0.29) is 24.1 Å². The maximum absolute atomic E-state index is 12.3. The summed E-state index contributed by atoms with van der Waals surface area (Å²) < 4.78 is 0. The number of aliphatic hydroxyl groups excluding tert-OH is 6. The minimum atomic E-state index is -1.34. The van der Waals surface area contributed by atoms with E-state index in [0.29, 0.717) is 0 Å². The van der Waals surface area contributed by atoms with Crippen LogP contribution in [0.15, 0.2) is 18.3 Å². The number of amides is 2. The zero-order valence-corrected chi connectivity index (χ0v) is 15.7. The summed E-state index contributed by atoms with van der Waals surface area (Å²) in [4.78, 5) is 30.4. The molecule has 1 aromatic rings. The van der Waals surface area contributed by atoms with Crippen LogP contribution in [-0.2, 0) is 0 Å². The van der Waals surface area contributed by atoms with Crippen molar-refractivity contribution in [2.45, 2.75) is 37.5 Å². The van der Waals surface area contributed by atoms with Gasteiger partial charge in [0.1, 0.15) is 18.1 Å². The van der Waals surface area contributed by atoms with Crippen molar-refractivity contribution < 1.29 is 40.2 Å². The molecule has 0 spiro atoms. The summed E-state index contributed by atoms with van der Waals surface area (Å²) in [6.45, 7) is -1.10. The van der Waals surface area contributed by atoms with E-state index in [9.17, 15) is 30.0 Å². The second-order valence-electron chi connectivity index (χ2n) is 6.37. The largest absolute Gasteiger partial charge is 0.394 e. The van der Waals surface area contributed by atoms with E-state index in [0.717, 1.165) is 16.0 Å². The molecular weight excluding hydrogens is 374 g/mol. The van der Waals surface area contributed by atoms with Crippen molar-refractivity contribution in [1.82, 2.24) is 14.8 Å². The van der Waals surface area contributed by atoms with Crippen molar-refractivity contribution in [2.75, 3.05) is 27.3 Å². The fourth-order valence-electron chi connectivity index (χ4n) is 2.25. The molecule has 0 aliphatic carbocycles. The topological polar surface area (TPSA) is 175 Å². The predicted molar refractivity (Wildman–Crippen MR) is 95.9 cm³/mol. The Labute approximate surface area is 162 Å². The van der Waals surface area contributed by atoms with E-state index in [1.807, 2.05) is 0 Å². The highest BCUT2D eigenvalue weighted by molar-refractivity contribution is 5.96. The second-order valence-corrected chi connectivity index (χ2v) is 6.37. The highest BCUT2D eigenvalue weighted by Crippen LogP contribution is 2.12. The van der Waals surface area contributed by atoms with Crippen LogP contribution in [0.2, 0.25) is 0 Å². The molecule has 6 N–H and O–H groups in total. The van der Waals surface area contributed by atoms with Gasteiger partial charge in [-0.3, -0.25) is 14.6 Å². The lowest BCUT2D eigenvalue weighted by molar-refractivity contribution is -0.0220. The minimum absolute atomic E-state index is 0.0597. The smallest absolute Gasteiger partial charge is 0.274 e. The van der Waals surface area contributed by atoms with Crippen LogP contribution in [0.5, 0.6) is 0 Å². The van der Waals surface area contributed by atoms with Crippen LogP contribution < -0.4 is 0 Å². The van der Waals surface area contributed by atoms with Crippen molar-refractivity contribution in [3.05, 3.63) is 29.6 Å². The average Bonchev–Trinajstić information content (AvgIpc) is 2.71. The Balaban J connectivity index is 2.79. The van der Waals surface area contributed by atoms with Gasteiger partial charge in [0.2, 0.25) is 0 Å². The number of aliphatic hydroxyl groups is 6. The Morgan fingerprint density at radius 1 is 0.893 bits per heavy atom. The fourth-order valence-corrected chi connectivity index (χ4v) is 2.25. The van der Waals surface area contributed by atoms with E-state index in [2.05, 4.69) is 4.98 Å². The normalized spacial score (nSPS) is 15.4. The van der Waals surface area contributed by atoms with Gasteiger partial charge in [-0.2, -0.15) is 0 Å². The first kappa shape index (κ1) is 23.9. The number of nitrogens with zero attached hydrogens (tertiary/aromatic N) is 3. The van der Waals surface area contributed by atoms with Crippen molar-refractivity contribution in [3.8, 4) is 0 Å². The molecule has 4 unspecified atom stereocenters. The molecule has 0 fully saturated rings. The van der Waals surface area contributed by atoms with Crippen molar-refractivity contribution in [1.29, 1.82) is 0 Å². The van der Waals surface area contributed by atoms with Gasteiger partial charge in [-0.05, 0) is 12.1 Å². The van der Waals surface area contributed by atoms with Crippen molar-refractivity contribution >= 4 is 11.8 Å². The zero-order valence-electron chi connectivity index (χ0n) is 15.7. The second kappa shape index (κ2) is 11.0. The number of carbonyl (C=O) groups excluding carboxylic acids is 2. The first-order valence-corrected chi connectivity index (χ1v) is 8.56. The Morgan fingerprint density at radius 3 is 1.75 bits per heavy atom. The standard InChI is InChI=1S/C17H27N3O8/c1-19(14(25)5-11(23)8-21)16(27)10-3-4-13(18-7-10)17(28)20(2)15(26)6-12(24)9-22/h3-4,7,11-12,14-15,21-26H,5-6,8-9H2,1-2H3. The lowest BCUT2D eigenvalue weighted by Gasteiger charge is -2.25. The average molecular weight is 401 g/mol. The maximum atomic E-state index is 12.3. The molecule has 0 saturated heterocycles. The van der Waals surface area contributed by atoms with Gasteiger partial charge >= 0.3 is 0 Å². The fraction of sp³-hybridized carbons (Fsp3) is 0.588. The lowest BCUT2D eigenvalue weighted by Crippen LogP contribution is -2.40. The summed E-state index contributed by atoms with van der Waals surface area (Å²) in [5, 5.41) is 56.1. The predicted octanol–water partition coefficient (Wildman–Crippen LogP) is -2.65. The van der Waals surface area contributed by atoms with Gasteiger partial charge in [0.05, 0.1) is 31.0 Å². The molecule has 1 aromatic heterocycles. The Morgan fingerprint density at radius 2 is 1.36 bits per heavy atom. The van der Waals surface area contributed by atoms with Crippen molar-refractivity contribution in [3.63, 3.8) is 0 Å². The van der Waals surface area contributed by atoms with E-state index < -0.39 is 49.7 Å². The summed E-state index contributed by atoms with van der Waals surface area (Å²) in [6.07, 6.45) is -4.35. The summed E-state index contributed by atoms with van der Waals surface area (Å²) in [7, 11) is 2.61.